The second-order valence-electron chi connectivity index (χ2n) is 6.24. The summed E-state index contributed by atoms with van der Waals surface area (Å²) in [7, 11) is 0. The van der Waals surface area contributed by atoms with Gasteiger partial charge in [-0.25, -0.2) is 0 Å². The molecule has 0 aliphatic carbocycles. The van der Waals surface area contributed by atoms with Gasteiger partial charge in [0.05, 0.1) is 13.2 Å². The summed E-state index contributed by atoms with van der Waals surface area (Å²) in [5, 5.41) is 0. The van der Waals surface area contributed by atoms with Crippen molar-refractivity contribution in [1.29, 1.82) is 0 Å². The van der Waals surface area contributed by atoms with Crippen molar-refractivity contribution in [2.75, 3.05) is 32.8 Å². The van der Waals surface area contributed by atoms with Crippen molar-refractivity contribution in [3.63, 3.8) is 0 Å². The average molecular weight is 326 g/mol. The fraction of sp³-hybridized carbons (Fsp3) is 0.400. The van der Waals surface area contributed by atoms with Gasteiger partial charge in [0.2, 0.25) is 0 Å². The first-order chi connectivity index (χ1) is 11.8. The Labute approximate surface area is 144 Å². The summed E-state index contributed by atoms with van der Waals surface area (Å²) in [4.78, 5) is 2.39. The summed E-state index contributed by atoms with van der Waals surface area (Å²) in [6.45, 7) is 6.74. The Morgan fingerprint density at radius 2 is 1.71 bits per heavy atom. The van der Waals surface area contributed by atoms with Crippen LogP contribution in [-0.4, -0.2) is 37.7 Å². The maximum absolute atomic E-state index is 6.01. The standard InChI is InChI=1S/C20H26N2O2/c1-16-2-4-17(5-3-16)15-24-19-8-6-18(7-9-19)20(14-21)22-10-12-23-13-11-22/h2-9,20H,10-15,21H2,1H3. The third-order valence-electron chi connectivity index (χ3n) is 4.50. The van der Waals surface area contributed by atoms with E-state index in [0.717, 1.165) is 32.1 Å². The Kier molecular flexibility index (Phi) is 5.86. The number of hydrogen-bond donors (Lipinski definition) is 1. The lowest BCUT2D eigenvalue weighted by atomic mass is 10.0. The quantitative estimate of drug-likeness (QED) is 0.887. The molecule has 0 spiro atoms. The Bertz CT molecular complexity index is 619. The molecule has 1 saturated heterocycles. The van der Waals surface area contributed by atoms with E-state index >= 15 is 0 Å². The molecular weight excluding hydrogens is 300 g/mol. The van der Waals surface area contributed by atoms with E-state index in [1.165, 1.54) is 16.7 Å². The normalized spacial score (nSPS) is 16.8. The summed E-state index contributed by atoms with van der Waals surface area (Å²) in [6, 6.07) is 17.0. The third kappa shape index (κ3) is 4.35. The zero-order valence-corrected chi connectivity index (χ0v) is 14.3. The summed E-state index contributed by atoms with van der Waals surface area (Å²) >= 11 is 0. The highest BCUT2D eigenvalue weighted by Crippen LogP contribution is 2.23. The van der Waals surface area contributed by atoms with E-state index in [0.29, 0.717) is 13.2 Å². The first-order valence-electron chi connectivity index (χ1n) is 8.56. The lowest BCUT2D eigenvalue weighted by Crippen LogP contribution is -2.41. The maximum Gasteiger partial charge on any atom is 0.119 e. The molecule has 24 heavy (non-hydrogen) atoms. The molecule has 4 nitrogen and oxygen atoms in total. The van der Waals surface area contributed by atoms with Crippen molar-refractivity contribution in [3.05, 3.63) is 65.2 Å². The van der Waals surface area contributed by atoms with Crippen molar-refractivity contribution in [1.82, 2.24) is 4.90 Å². The molecule has 0 aromatic heterocycles. The number of aryl methyl sites for hydroxylation is 1. The molecule has 0 amide bonds. The molecule has 0 radical (unpaired) electrons. The monoisotopic (exact) mass is 326 g/mol. The summed E-state index contributed by atoms with van der Waals surface area (Å²) in [6.07, 6.45) is 0. The molecule has 2 N–H and O–H groups in total. The van der Waals surface area contributed by atoms with Crippen LogP contribution in [0.4, 0.5) is 0 Å². The highest BCUT2D eigenvalue weighted by Gasteiger charge is 2.21. The fourth-order valence-corrected chi connectivity index (χ4v) is 3.02. The van der Waals surface area contributed by atoms with Crippen molar-refractivity contribution in [2.24, 2.45) is 5.73 Å². The van der Waals surface area contributed by atoms with E-state index in [-0.39, 0.29) is 6.04 Å². The number of ether oxygens (including phenoxy) is 2. The van der Waals surface area contributed by atoms with Crippen LogP contribution in [0, 0.1) is 6.92 Å². The first-order valence-corrected chi connectivity index (χ1v) is 8.56. The van der Waals surface area contributed by atoms with Gasteiger partial charge in [-0.1, -0.05) is 42.0 Å². The molecule has 1 atom stereocenters. The second kappa shape index (κ2) is 8.29. The molecule has 128 valence electrons. The Hall–Kier alpha value is -1.88. The van der Waals surface area contributed by atoms with E-state index in [2.05, 4.69) is 48.2 Å². The topological polar surface area (TPSA) is 47.7 Å². The highest BCUT2D eigenvalue weighted by molar-refractivity contribution is 5.30. The predicted octanol–water partition coefficient (Wildman–Crippen LogP) is 2.91. The van der Waals surface area contributed by atoms with Crippen molar-refractivity contribution >= 4 is 0 Å². The molecule has 1 unspecified atom stereocenters. The van der Waals surface area contributed by atoms with E-state index in [1.54, 1.807) is 0 Å². The lowest BCUT2D eigenvalue weighted by Gasteiger charge is -2.34. The molecule has 3 rings (SSSR count). The van der Waals surface area contributed by atoms with Gasteiger partial charge in [0.25, 0.3) is 0 Å². The van der Waals surface area contributed by atoms with Crippen LogP contribution in [0.3, 0.4) is 0 Å². The van der Waals surface area contributed by atoms with Crippen LogP contribution in [0.1, 0.15) is 22.7 Å². The molecule has 2 aromatic carbocycles. The Balaban J connectivity index is 1.60. The Morgan fingerprint density at radius 1 is 1.04 bits per heavy atom. The first kappa shape index (κ1) is 17.0. The lowest BCUT2D eigenvalue weighted by molar-refractivity contribution is 0.0179. The van der Waals surface area contributed by atoms with Gasteiger partial charge in [0, 0.05) is 25.7 Å². The molecule has 4 heteroatoms. The number of morpholine rings is 1. The van der Waals surface area contributed by atoms with Crippen LogP contribution in [0.2, 0.25) is 0 Å². The number of nitrogens with two attached hydrogens (primary N) is 1. The molecule has 1 aliphatic rings. The Morgan fingerprint density at radius 3 is 2.33 bits per heavy atom. The number of rotatable bonds is 6. The van der Waals surface area contributed by atoms with Crippen LogP contribution < -0.4 is 10.5 Å². The van der Waals surface area contributed by atoms with E-state index in [4.69, 9.17) is 15.2 Å². The minimum Gasteiger partial charge on any atom is -0.489 e. The van der Waals surface area contributed by atoms with Gasteiger partial charge in [0.15, 0.2) is 0 Å². The summed E-state index contributed by atoms with van der Waals surface area (Å²) < 4.78 is 11.3. The maximum atomic E-state index is 6.01. The zero-order chi connectivity index (χ0) is 16.8. The molecular formula is C20H26N2O2. The molecule has 0 bridgehead atoms. The van der Waals surface area contributed by atoms with Crippen molar-refractivity contribution in [2.45, 2.75) is 19.6 Å². The van der Waals surface area contributed by atoms with Gasteiger partial charge in [-0.15, -0.1) is 0 Å². The van der Waals surface area contributed by atoms with Gasteiger partial charge < -0.3 is 15.2 Å². The van der Waals surface area contributed by atoms with Gasteiger partial charge in [-0.3, -0.25) is 4.90 Å². The average Bonchev–Trinajstić information content (AvgIpc) is 2.64. The van der Waals surface area contributed by atoms with Crippen LogP contribution >= 0.6 is 0 Å². The van der Waals surface area contributed by atoms with Crippen LogP contribution in [0.5, 0.6) is 5.75 Å². The predicted molar refractivity (Wildman–Crippen MR) is 96.1 cm³/mol. The minimum atomic E-state index is 0.250. The van der Waals surface area contributed by atoms with Crippen LogP contribution in [-0.2, 0) is 11.3 Å². The molecule has 2 aromatic rings. The second-order valence-corrected chi connectivity index (χ2v) is 6.24. The number of hydrogen-bond acceptors (Lipinski definition) is 4. The van der Waals surface area contributed by atoms with E-state index in [9.17, 15) is 0 Å². The van der Waals surface area contributed by atoms with E-state index < -0.39 is 0 Å². The zero-order valence-electron chi connectivity index (χ0n) is 14.3. The van der Waals surface area contributed by atoms with Gasteiger partial charge in [-0.2, -0.15) is 0 Å². The third-order valence-corrected chi connectivity index (χ3v) is 4.50. The van der Waals surface area contributed by atoms with Crippen molar-refractivity contribution in [3.8, 4) is 5.75 Å². The molecule has 1 fully saturated rings. The SMILES string of the molecule is Cc1ccc(COc2ccc(C(CN)N3CCOCC3)cc2)cc1. The smallest absolute Gasteiger partial charge is 0.119 e. The van der Waals surface area contributed by atoms with Gasteiger partial charge in [0.1, 0.15) is 12.4 Å². The minimum absolute atomic E-state index is 0.250. The number of benzene rings is 2. The largest absolute Gasteiger partial charge is 0.489 e. The summed E-state index contributed by atoms with van der Waals surface area (Å²) in [5.74, 6) is 0.886. The van der Waals surface area contributed by atoms with Crippen molar-refractivity contribution < 1.29 is 9.47 Å². The van der Waals surface area contributed by atoms with Crippen LogP contribution in [0.25, 0.3) is 0 Å². The number of nitrogens with zero attached hydrogens (tertiary/aromatic N) is 1. The summed E-state index contributed by atoms with van der Waals surface area (Å²) in [5.41, 5.74) is 9.69. The van der Waals surface area contributed by atoms with Gasteiger partial charge in [-0.05, 0) is 30.2 Å². The van der Waals surface area contributed by atoms with Gasteiger partial charge >= 0.3 is 0 Å². The fourth-order valence-electron chi connectivity index (χ4n) is 3.02. The molecule has 1 heterocycles. The molecule has 1 aliphatic heterocycles. The molecule has 0 saturated carbocycles. The highest BCUT2D eigenvalue weighted by atomic mass is 16.5. The van der Waals surface area contributed by atoms with E-state index in [1.807, 2.05) is 12.1 Å². The van der Waals surface area contributed by atoms with Crippen LogP contribution in [0.15, 0.2) is 48.5 Å².